The van der Waals surface area contributed by atoms with Crippen LogP contribution < -0.4 is 10.2 Å². The number of hydrogen-bond acceptors (Lipinski definition) is 5. The normalized spacial score (nSPS) is 17.6. The molecule has 0 radical (unpaired) electrons. The molecule has 1 aliphatic heterocycles. The summed E-state index contributed by atoms with van der Waals surface area (Å²) in [6.45, 7) is 2.26. The quantitative estimate of drug-likeness (QED) is 0.924. The van der Waals surface area contributed by atoms with Crippen LogP contribution in [-0.2, 0) is 11.3 Å². The molecule has 1 N–H and O–H groups in total. The minimum absolute atomic E-state index is 0.0224. The van der Waals surface area contributed by atoms with Gasteiger partial charge in [0.2, 0.25) is 0 Å². The Hall–Kier alpha value is -2.12. The van der Waals surface area contributed by atoms with Crippen LogP contribution >= 0.6 is 11.3 Å². The summed E-state index contributed by atoms with van der Waals surface area (Å²) in [6, 6.07) is 7.91. The smallest absolute Gasteiger partial charge is 0.317 e. The molecule has 24 heavy (non-hydrogen) atoms. The molecule has 1 saturated heterocycles. The molecule has 0 unspecified atom stereocenters. The first-order chi connectivity index (χ1) is 11.6. The van der Waals surface area contributed by atoms with Gasteiger partial charge in [-0.3, -0.25) is 0 Å². The fraction of sp³-hybridized carbons (Fsp3) is 0.412. The second-order valence-electron chi connectivity index (χ2n) is 5.90. The van der Waals surface area contributed by atoms with Crippen molar-refractivity contribution in [1.82, 2.24) is 15.2 Å². The fourth-order valence-electron chi connectivity index (χ4n) is 2.58. The maximum absolute atomic E-state index is 12.4. The summed E-state index contributed by atoms with van der Waals surface area (Å²) in [4.78, 5) is 21.7. The van der Waals surface area contributed by atoms with Crippen LogP contribution in [0, 0.1) is 0 Å². The lowest BCUT2D eigenvalue weighted by Crippen LogP contribution is -2.46. The highest BCUT2D eigenvalue weighted by atomic mass is 32.1. The third-order valence-corrected chi connectivity index (χ3v) is 4.89. The van der Waals surface area contributed by atoms with Gasteiger partial charge in [-0.25, -0.2) is 9.78 Å². The summed E-state index contributed by atoms with van der Waals surface area (Å²) < 4.78 is 5.78. The lowest BCUT2D eigenvalue weighted by Gasteiger charge is -2.32. The molecule has 2 aromatic rings. The van der Waals surface area contributed by atoms with E-state index in [-0.39, 0.29) is 12.1 Å². The Morgan fingerprint density at radius 1 is 1.50 bits per heavy atom. The van der Waals surface area contributed by atoms with Gasteiger partial charge in [-0.15, -0.1) is 11.3 Å². The first-order valence-corrected chi connectivity index (χ1v) is 8.81. The van der Waals surface area contributed by atoms with E-state index in [1.807, 2.05) is 47.5 Å². The van der Waals surface area contributed by atoms with Gasteiger partial charge in [0, 0.05) is 38.3 Å². The molecule has 3 rings (SSSR count). The number of anilines is 1. The van der Waals surface area contributed by atoms with E-state index in [9.17, 15) is 4.79 Å². The minimum Gasteiger partial charge on any atom is -0.369 e. The molecule has 0 bridgehead atoms. The van der Waals surface area contributed by atoms with Crippen molar-refractivity contribution in [2.24, 2.45) is 0 Å². The van der Waals surface area contributed by atoms with Crippen LogP contribution in [-0.4, -0.2) is 49.7 Å². The Kier molecular flexibility index (Phi) is 5.32. The zero-order chi connectivity index (χ0) is 16.9. The van der Waals surface area contributed by atoms with Crippen LogP contribution in [0.1, 0.15) is 16.5 Å². The molecular formula is C17H22N4O2S. The van der Waals surface area contributed by atoms with Crippen molar-refractivity contribution in [3.8, 4) is 0 Å². The second-order valence-corrected chi connectivity index (χ2v) is 6.88. The molecule has 0 aliphatic carbocycles. The highest BCUT2D eigenvalue weighted by Crippen LogP contribution is 2.26. The van der Waals surface area contributed by atoms with Crippen LogP contribution in [0.4, 0.5) is 10.6 Å². The van der Waals surface area contributed by atoms with Gasteiger partial charge >= 0.3 is 6.03 Å². The van der Waals surface area contributed by atoms with E-state index in [2.05, 4.69) is 16.4 Å². The van der Waals surface area contributed by atoms with Gasteiger partial charge in [-0.2, -0.15) is 0 Å². The first-order valence-electron chi connectivity index (χ1n) is 7.93. The predicted octanol–water partition coefficient (Wildman–Crippen LogP) is 2.49. The molecular weight excluding hydrogens is 324 g/mol. The number of carbonyl (C=O) groups is 1. The number of amides is 2. The van der Waals surface area contributed by atoms with Crippen molar-refractivity contribution in [2.45, 2.75) is 12.6 Å². The molecule has 6 nitrogen and oxygen atoms in total. The number of nitrogens with one attached hydrogen (secondary N) is 1. The van der Waals surface area contributed by atoms with E-state index in [1.54, 1.807) is 17.5 Å². The molecule has 2 amide bonds. The Morgan fingerprint density at radius 3 is 3.12 bits per heavy atom. The van der Waals surface area contributed by atoms with Gasteiger partial charge in [0.25, 0.3) is 0 Å². The van der Waals surface area contributed by atoms with Crippen molar-refractivity contribution < 1.29 is 9.53 Å². The van der Waals surface area contributed by atoms with Crippen LogP contribution in [0.15, 0.2) is 35.8 Å². The molecule has 3 heterocycles. The molecule has 0 aromatic carbocycles. The van der Waals surface area contributed by atoms with E-state index in [0.29, 0.717) is 26.2 Å². The predicted molar refractivity (Wildman–Crippen MR) is 95.4 cm³/mol. The molecule has 0 spiro atoms. The number of nitrogens with zero attached hydrogens (tertiary/aromatic N) is 3. The van der Waals surface area contributed by atoms with Crippen molar-refractivity contribution >= 4 is 23.2 Å². The van der Waals surface area contributed by atoms with Crippen molar-refractivity contribution in [1.29, 1.82) is 0 Å². The number of hydrogen-bond donors (Lipinski definition) is 1. The number of pyridine rings is 1. The van der Waals surface area contributed by atoms with E-state index in [1.165, 1.54) is 0 Å². The number of morpholine rings is 1. The van der Waals surface area contributed by atoms with Crippen molar-refractivity contribution in [2.75, 3.05) is 38.7 Å². The maximum Gasteiger partial charge on any atom is 0.317 e. The van der Waals surface area contributed by atoms with Gasteiger partial charge in [0.15, 0.2) is 0 Å². The van der Waals surface area contributed by atoms with Gasteiger partial charge < -0.3 is 19.9 Å². The van der Waals surface area contributed by atoms with Crippen LogP contribution in [0.2, 0.25) is 0 Å². The number of thiophene rings is 1. The van der Waals surface area contributed by atoms with E-state index < -0.39 is 0 Å². The summed E-state index contributed by atoms with van der Waals surface area (Å²) >= 11 is 1.66. The van der Waals surface area contributed by atoms with Crippen molar-refractivity contribution in [3.05, 3.63) is 46.3 Å². The van der Waals surface area contributed by atoms with E-state index in [4.69, 9.17) is 4.74 Å². The SMILES string of the molecule is CN(C)c1cc(CNC(=O)N2CCO[C@H](c3cccs3)C2)ccn1. The molecule has 1 aliphatic rings. The molecule has 0 saturated carbocycles. The zero-order valence-corrected chi connectivity index (χ0v) is 14.8. The summed E-state index contributed by atoms with van der Waals surface area (Å²) in [7, 11) is 3.90. The molecule has 128 valence electrons. The lowest BCUT2D eigenvalue weighted by atomic mass is 10.2. The lowest BCUT2D eigenvalue weighted by molar-refractivity contribution is -0.0136. The summed E-state index contributed by atoms with van der Waals surface area (Å²) in [5, 5.41) is 5.02. The average molecular weight is 346 g/mol. The summed E-state index contributed by atoms with van der Waals surface area (Å²) in [5.41, 5.74) is 1.03. The number of ether oxygens (including phenoxy) is 1. The number of rotatable bonds is 4. The first kappa shape index (κ1) is 16.7. The maximum atomic E-state index is 12.4. The van der Waals surface area contributed by atoms with Crippen LogP contribution in [0.5, 0.6) is 0 Å². The van der Waals surface area contributed by atoms with Crippen LogP contribution in [0.3, 0.4) is 0 Å². The fourth-order valence-corrected chi connectivity index (χ4v) is 3.35. The monoisotopic (exact) mass is 346 g/mol. The Bertz CT molecular complexity index is 675. The largest absolute Gasteiger partial charge is 0.369 e. The number of aromatic nitrogens is 1. The van der Waals surface area contributed by atoms with Gasteiger partial charge in [0.1, 0.15) is 11.9 Å². The zero-order valence-electron chi connectivity index (χ0n) is 13.9. The highest BCUT2D eigenvalue weighted by Gasteiger charge is 2.25. The topological polar surface area (TPSA) is 57.7 Å². The third-order valence-electron chi connectivity index (χ3n) is 3.93. The van der Waals surface area contributed by atoms with Gasteiger partial charge in [-0.1, -0.05) is 6.07 Å². The second kappa shape index (κ2) is 7.63. The summed E-state index contributed by atoms with van der Waals surface area (Å²) in [5.74, 6) is 0.880. The van der Waals surface area contributed by atoms with E-state index in [0.717, 1.165) is 16.3 Å². The average Bonchev–Trinajstić information content (AvgIpc) is 3.15. The summed E-state index contributed by atoms with van der Waals surface area (Å²) in [6.07, 6.45) is 1.74. The molecule has 7 heteroatoms. The minimum atomic E-state index is -0.0527. The highest BCUT2D eigenvalue weighted by molar-refractivity contribution is 7.10. The molecule has 2 aromatic heterocycles. The Balaban J connectivity index is 1.56. The molecule has 1 fully saturated rings. The number of carbonyl (C=O) groups excluding carboxylic acids is 1. The van der Waals surface area contributed by atoms with Gasteiger partial charge in [-0.05, 0) is 29.1 Å². The van der Waals surface area contributed by atoms with Gasteiger partial charge in [0.05, 0.1) is 13.2 Å². The standard InChI is InChI=1S/C17H22N4O2S/c1-20(2)16-10-13(5-6-18-16)11-19-17(22)21-7-8-23-14(12-21)15-4-3-9-24-15/h3-6,9-10,14H,7-8,11-12H2,1-2H3,(H,19,22)/t14-/m0/s1. The Labute approximate surface area is 146 Å². The Morgan fingerprint density at radius 2 is 2.38 bits per heavy atom. The number of urea groups is 1. The van der Waals surface area contributed by atoms with Crippen LogP contribution in [0.25, 0.3) is 0 Å². The third kappa shape index (κ3) is 4.04. The van der Waals surface area contributed by atoms with E-state index >= 15 is 0 Å². The molecule has 1 atom stereocenters. The van der Waals surface area contributed by atoms with Crippen molar-refractivity contribution in [3.63, 3.8) is 0 Å².